The Labute approximate surface area is 147 Å². The number of rotatable bonds is 6. The van der Waals surface area contributed by atoms with Crippen LogP contribution in [-0.2, 0) is 19.1 Å². The molecule has 2 rings (SSSR count). The number of non-ortho nitro benzene ring substituents is 1. The minimum Gasteiger partial charge on any atom is -0.338 e. The van der Waals surface area contributed by atoms with Gasteiger partial charge in [-0.15, -0.1) is 0 Å². The van der Waals surface area contributed by atoms with E-state index in [4.69, 9.17) is 0 Å². The van der Waals surface area contributed by atoms with Crippen LogP contribution in [0.3, 0.4) is 0 Å². The Morgan fingerprint density at radius 1 is 1.04 bits per heavy atom. The second-order valence-electron chi connectivity index (χ2n) is 5.48. The van der Waals surface area contributed by atoms with Gasteiger partial charge in [-0.25, -0.2) is 4.79 Å². The number of halogens is 3. The lowest BCUT2D eigenvalue weighted by Gasteiger charge is -2.09. The van der Waals surface area contributed by atoms with Crippen LogP contribution < -0.4 is 10.6 Å². The molecule has 2 aromatic rings. The summed E-state index contributed by atoms with van der Waals surface area (Å²) in [4.78, 5) is 21.9. The van der Waals surface area contributed by atoms with Gasteiger partial charge >= 0.3 is 12.2 Å². The summed E-state index contributed by atoms with van der Waals surface area (Å²) in [5.41, 5.74) is 0.463. The van der Waals surface area contributed by atoms with Crippen molar-refractivity contribution < 1.29 is 22.9 Å². The first kappa shape index (κ1) is 19.2. The minimum atomic E-state index is -4.37. The maximum absolute atomic E-state index is 12.5. The highest BCUT2D eigenvalue weighted by Gasteiger charge is 2.29. The third-order valence-electron chi connectivity index (χ3n) is 3.55. The van der Waals surface area contributed by atoms with E-state index in [1.165, 1.54) is 30.3 Å². The van der Waals surface area contributed by atoms with Crippen molar-refractivity contribution in [3.8, 4) is 0 Å². The van der Waals surface area contributed by atoms with Crippen molar-refractivity contribution >= 4 is 11.7 Å². The summed E-state index contributed by atoms with van der Waals surface area (Å²) in [6.07, 6.45) is -3.99. The van der Waals surface area contributed by atoms with E-state index in [-0.39, 0.29) is 18.8 Å². The lowest BCUT2D eigenvalue weighted by Crippen LogP contribution is -2.36. The van der Waals surface area contributed by atoms with Crippen LogP contribution in [-0.4, -0.2) is 17.5 Å². The summed E-state index contributed by atoms with van der Waals surface area (Å²) in [5, 5.41) is 15.8. The van der Waals surface area contributed by atoms with Gasteiger partial charge in [-0.05, 0) is 29.7 Å². The van der Waals surface area contributed by atoms with E-state index in [0.29, 0.717) is 17.5 Å². The lowest BCUT2D eigenvalue weighted by molar-refractivity contribution is -0.384. The van der Waals surface area contributed by atoms with Gasteiger partial charge < -0.3 is 10.6 Å². The van der Waals surface area contributed by atoms with Crippen LogP contribution in [0.5, 0.6) is 0 Å². The molecule has 2 amide bonds. The third-order valence-corrected chi connectivity index (χ3v) is 3.55. The van der Waals surface area contributed by atoms with Crippen LogP contribution >= 0.6 is 0 Å². The largest absolute Gasteiger partial charge is 0.416 e. The molecule has 26 heavy (non-hydrogen) atoms. The molecule has 0 unspecified atom stereocenters. The maximum Gasteiger partial charge on any atom is 0.416 e. The summed E-state index contributed by atoms with van der Waals surface area (Å²) in [5.74, 6) is 0. The van der Waals surface area contributed by atoms with Crippen LogP contribution in [0.2, 0.25) is 0 Å². The van der Waals surface area contributed by atoms with Gasteiger partial charge in [0.15, 0.2) is 0 Å². The molecule has 0 atom stereocenters. The molecule has 0 heterocycles. The van der Waals surface area contributed by atoms with E-state index < -0.39 is 22.7 Å². The quantitative estimate of drug-likeness (QED) is 0.604. The molecule has 0 radical (unpaired) electrons. The second-order valence-corrected chi connectivity index (χ2v) is 5.48. The van der Waals surface area contributed by atoms with Gasteiger partial charge in [0.25, 0.3) is 5.69 Å². The zero-order valence-corrected chi connectivity index (χ0v) is 13.5. The number of nitro groups is 1. The number of alkyl halides is 3. The fraction of sp³-hybridized carbons (Fsp3) is 0.235. The summed E-state index contributed by atoms with van der Waals surface area (Å²) < 4.78 is 37.4. The predicted molar refractivity (Wildman–Crippen MR) is 88.5 cm³/mol. The van der Waals surface area contributed by atoms with Gasteiger partial charge in [-0.2, -0.15) is 13.2 Å². The highest BCUT2D eigenvalue weighted by molar-refractivity contribution is 5.73. The lowest BCUT2D eigenvalue weighted by atomic mass is 10.1. The molecule has 0 saturated heterocycles. The summed E-state index contributed by atoms with van der Waals surface area (Å²) in [6, 6.07) is 10.2. The van der Waals surface area contributed by atoms with Crippen molar-refractivity contribution in [2.45, 2.75) is 19.1 Å². The molecule has 138 valence electrons. The van der Waals surface area contributed by atoms with Crippen LogP contribution in [0.1, 0.15) is 16.7 Å². The van der Waals surface area contributed by atoms with Gasteiger partial charge in [0.2, 0.25) is 0 Å². The summed E-state index contributed by atoms with van der Waals surface area (Å²) >= 11 is 0. The Hall–Kier alpha value is -3.10. The molecule has 9 heteroatoms. The van der Waals surface area contributed by atoms with Gasteiger partial charge in [0.1, 0.15) is 0 Å². The molecule has 0 fully saturated rings. The van der Waals surface area contributed by atoms with Crippen LogP contribution in [0.15, 0.2) is 48.5 Å². The predicted octanol–water partition coefficient (Wildman–Crippen LogP) is 3.66. The number of hydrogen-bond donors (Lipinski definition) is 2. The van der Waals surface area contributed by atoms with E-state index in [9.17, 15) is 28.1 Å². The normalized spacial score (nSPS) is 11.0. The Morgan fingerprint density at radius 2 is 1.73 bits per heavy atom. The first-order chi connectivity index (χ1) is 12.3. The number of benzene rings is 2. The van der Waals surface area contributed by atoms with Crippen molar-refractivity contribution in [1.29, 1.82) is 0 Å². The van der Waals surface area contributed by atoms with Crippen LogP contribution in [0.25, 0.3) is 0 Å². The Balaban J connectivity index is 1.75. The van der Waals surface area contributed by atoms with Gasteiger partial charge in [0, 0.05) is 25.2 Å². The number of nitro benzene ring substituents is 1. The fourth-order valence-electron chi connectivity index (χ4n) is 2.21. The molecule has 0 saturated carbocycles. The van der Waals surface area contributed by atoms with Gasteiger partial charge in [-0.3, -0.25) is 10.1 Å². The first-order valence-electron chi connectivity index (χ1n) is 7.67. The van der Waals surface area contributed by atoms with Crippen molar-refractivity contribution in [2.24, 2.45) is 0 Å². The van der Waals surface area contributed by atoms with Crippen molar-refractivity contribution in [3.05, 3.63) is 75.3 Å². The van der Waals surface area contributed by atoms with Gasteiger partial charge in [0.05, 0.1) is 10.5 Å². The highest BCUT2D eigenvalue weighted by atomic mass is 19.4. The van der Waals surface area contributed by atoms with E-state index in [0.717, 1.165) is 12.1 Å². The number of amides is 2. The zero-order valence-electron chi connectivity index (χ0n) is 13.5. The molecule has 0 aromatic heterocycles. The molecule has 0 bridgehead atoms. The SMILES string of the molecule is O=C(NCCc1ccc(C(F)(F)F)cc1)NCc1cccc([N+](=O)[O-])c1. The number of carbonyl (C=O) groups is 1. The van der Waals surface area contributed by atoms with E-state index in [2.05, 4.69) is 10.6 Å². The smallest absolute Gasteiger partial charge is 0.338 e. The van der Waals surface area contributed by atoms with Gasteiger partial charge in [-0.1, -0.05) is 24.3 Å². The van der Waals surface area contributed by atoms with Crippen molar-refractivity contribution in [3.63, 3.8) is 0 Å². The van der Waals surface area contributed by atoms with Crippen molar-refractivity contribution in [2.75, 3.05) is 6.54 Å². The fourth-order valence-corrected chi connectivity index (χ4v) is 2.21. The number of hydrogen-bond acceptors (Lipinski definition) is 3. The number of nitrogens with zero attached hydrogens (tertiary/aromatic N) is 1. The third kappa shape index (κ3) is 5.76. The average Bonchev–Trinajstić information content (AvgIpc) is 2.60. The second kappa shape index (κ2) is 8.32. The number of carbonyl (C=O) groups excluding carboxylic acids is 1. The number of urea groups is 1. The van der Waals surface area contributed by atoms with Crippen LogP contribution in [0.4, 0.5) is 23.7 Å². The molecule has 0 aliphatic heterocycles. The van der Waals surface area contributed by atoms with E-state index in [1.54, 1.807) is 6.07 Å². The highest BCUT2D eigenvalue weighted by Crippen LogP contribution is 2.29. The van der Waals surface area contributed by atoms with Crippen LogP contribution in [0, 0.1) is 10.1 Å². The molecule has 2 N–H and O–H groups in total. The Bertz CT molecular complexity index is 777. The van der Waals surface area contributed by atoms with Crippen molar-refractivity contribution in [1.82, 2.24) is 10.6 Å². The van der Waals surface area contributed by atoms with E-state index >= 15 is 0 Å². The molecule has 0 aliphatic carbocycles. The Kier molecular flexibility index (Phi) is 6.16. The summed E-state index contributed by atoms with van der Waals surface area (Å²) in [6.45, 7) is 0.361. The monoisotopic (exact) mass is 367 g/mol. The first-order valence-corrected chi connectivity index (χ1v) is 7.67. The summed E-state index contributed by atoms with van der Waals surface area (Å²) in [7, 11) is 0. The Morgan fingerprint density at radius 3 is 2.35 bits per heavy atom. The molecule has 6 nitrogen and oxygen atoms in total. The number of nitrogens with one attached hydrogen (secondary N) is 2. The maximum atomic E-state index is 12.5. The minimum absolute atomic E-state index is 0.0630. The molecular weight excluding hydrogens is 351 g/mol. The molecule has 0 spiro atoms. The average molecular weight is 367 g/mol. The topological polar surface area (TPSA) is 84.3 Å². The molecule has 0 aliphatic rings. The zero-order chi connectivity index (χ0) is 19.2. The van der Waals surface area contributed by atoms with E-state index in [1.807, 2.05) is 0 Å². The molecular formula is C17H16F3N3O3. The molecule has 2 aromatic carbocycles. The standard InChI is InChI=1S/C17H16F3N3O3/c18-17(19,20)14-6-4-12(5-7-14)8-9-21-16(24)22-11-13-2-1-3-15(10-13)23(25)26/h1-7,10H,8-9,11H2,(H2,21,22,24).